The van der Waals surface area contributed by atoms with Crippen LogP contribution in [-0.2, 0) is 13.6 Å². The number of hydrogen-bond donors (Lipinski definition) is 1. The van der Waals surface area contributed by atoms with Gasteiger partial charge in [-0.25, -0.2) is 4.57 Å². The van der Waals surface area contributed by atoms with E-state index in [4.69, 9.17) is 21.9 Å². The van der Waals surface area contributed by atoms with Crippen molar-refractivity contribution < 1.29 is 18.5 Å². The summed E-state index contributed by atoms with van der Waals surface area (Å²) < 4.78 is 21.1. The van der Waals surface area contributed by atoms with E-state index in [1.165, 1.54) is 0 Å². The van der Waals surface area contributed by atoms with Crippen molar-refractivity contribution in [3.63, 3.8) is 0 Å². The van der Waals surface area contributed by atoms with E-state index in [-0.39, 0.29) is 13.2 Å². The van der Waals surface area contributed by atoms with Gasteiger partial charge in [-0.05, 0) is 25.7 Å². The average Bonchev–Trinajstić information content (AvgIpc) is 2.38. The van der Waals surface area contributed by atoms with Gasteiger partial charge in [-0.1, -0.05) is 12.8 Å². The van der Waals surface area contributed by atoms with Crippen LogP contribution < -0.4 is 0 Å². The molecule has 0 aliphatic carbocycles. The normalized spacial score (nSPS) is 10.9. The van der Waals surface area contributed by atoms with Gasteiger partial charge in [0.2, 0.25) is 0 Å². The molecule has 1 N–H and O–H groups in total. The predicted octanol–water partition coefficient (Wildman–Crippen LogP) is 3.51. The molecule has 0 heterocycles. The van der Waals surface area contributed by atoms with Crippen LogP contribution in [-0.4, -0.2) is 18.1 Å². The minimum atomic E-state index is -3.88. The minimum absolute atomic E-state index is 0.218. The summed E-state index contributed by atoms with van der Waals surface area (Å²) >= 11 is 0. The summed E-state index contributed by atoms with van der Waals surface area (Å²) in [6, 6.07) is 0. The zero-order chi connectivity index (χ0) is 14.4. The fourth-order valence-electron chi connectivity index (χ4n) is 1.41. The Kier molecular flexibility index (Phi) is 11.8. The summed E-state index contributed by atoms with van der Waals surface area (Å²) in [6.45, 7) is 0.435. The molecule has 0 aliphatic rings. The summed E-state index contributed by atoms with van der Waals surface area (Å²) in [7, 11) is -3.88. The van der Waals surface area contributed by atoms with E-state index in [1.54, 1.807) is 0 Å². The van der Waals surface area contributed by atoms with Gasteiger partial charge in [0.15, 0.2) is 0 Å². The Bertz CT molecular complexity index is 310. The number of rotatable bonds is 12. The molecule has 108 valence electrons. The van der Waals surface area contributed by atoms with Gasteiger partial charge in [0.05, 0.1) is 13.2 Å². The molecule has 0 atom stereocenters. The second-order valence-corrected chi connectivity index (χ2v) is 5.62. The largest absolute Gasteiger partial charge is 0.472 e. The van der Waals surface area contributed by atoms with Gasteiger partial charge in [-0.2, -0.15) is 0 Å². The van der Waals surface area contributed by atoms with Crippen LogP contribution in [0.3, 0.4) is 0 Å². The van der Waals surface area contributed by atoms with Crippen molar-refractivity contribution in [1.82, 2.24) is 0 Å². The lowest BCUT2D eigenvalue weighted by Gasteiger charge is -2.11. The summed E-state index contributed by atoms with van der Waals surface area (Å²) in [6.07, 6.45) is 16.7. The summed E-state index contributed by atoms with van der Waals surface area (Å²) in [5.74, 6) is 5.08. The third-order valence-corrected chi connectivity index (χ3v) is 3.46. The van der Waals surface area contributed by atoms with Gasteiger partial charge >= 0.3 is 7.82 Å². The molecule has 0 radical (unpaired) electrons. The van der Waals surface area contributed by atoms with Gasteiger partial charge < -0.3 is 4.89 Å². The zero-order valence-corrected chi connectivity index (χ0v) is 12.2. The van der Waals surface area contributed by atoms with E-state index in [9.17, 15) is 9.46 Å². The molecule has 5 heteroatoms. The Balaban J connectivity index is 3.45. The summed E-state index contributed by atoms with van der Waals surface area (Å²) in [5, 5.41) is 0. The van der Waals surface area contributed by atoms with Crippen molar-refractivity contribution in [1.29, 1.82) is 0 Å². The number of hydrogen-bond acceptors (Lipinski definition) is 3. The highest BCUT2D eigenvalue weighted by Gasteiger charge is 2.19. The van der Waals surface area contributed by atoms with Crippen molar-refractivity contribution in [2.24, 2.45) is 0 Å². The molecule has 0 aromatic rings. The molecule has 0 unspecified atom stereocenters. The lowest BCUT2D eigenvalue weighted by Crippen LogP contribution is -1.99. The molecule has 0 spiro atoms. The quantitative estimate of drug-likeness (QED) is 0.339. The first-order valence-corrected chi connectivity index (χ1v) is 8.10. The average molecular weight is 286 g/mol. The van der Waals surface area contributed by atoms with E-state index < -0.39 is 7.82 Å². The lowest BCUT2D eigenvalue weighted by atomic mass is 10.2. The predicted molar refractivity (Wildman–Crippen MR) is 76.3 cm³/mol. The molecule has 19 heavy (non-hydrogen) atoms. The second-order valence-electron chi connectivity index (χ2n) is 4.16. The molecular weight excluding hydrogens is 263 g/mol. The van der Waals surface area contributed by atoms with Gasteiger partial charge in [0, 0.05) is 12.8 Å². The Morgan fingerprint density at radius 2 is 1.26 bits per heavy atom. The maximum atomic E-state index is 11.4. The van der Waals surface area contributed by atoms with Crippen molar-refractivity contribution in [2.75, 3.05) is 13.2 Å². The SMILES string of the molecule is C#CCCCCCOP(=O)(O)OCCCCCC#C. The van der Waals surface area contributed by atoms with E-state index in [1.807, 2.05) is 0 Å². The summed E-state index contributed by atoms with van der Waals surface area (Å²) in [4.78, 5) is 9.37. The van der Waals surface area contributed by atoms with E-state index >= 15 is 0 Å². The molecule has 0 amide bonds. The lowest BCUT2D eigenvalue weighted by molar-refractivity contribution is 0.145. The number of unbranched alkanes of at least 4 members (excludes halogenated alkanes) is 6. The highest BCUT2D eigenvalue weighted by Crippen LogP contribution is 2.43. The summed E-state index contributed by atoms with van der Waals surface area (Å²) in [5.41, 5.74) is 0. The molecule has 0 aromatic heterocycles. The van der Waals surface area contributed by atoms with Gasteiger partial charge in [0.1, 0.15) is 0 Å². The van der Waals surface area contributed by atoms with Crippen molar-refractivity contribution >= 4 is 7.82 Å². The molecular formula is C14H23O4P. The van der Waals surface area contributed by atoms with Crippen LogP contribution in [0.4, 0.5) is 0 Å². The van der Waals surface area contributed by atoms with Crippen LogP contribution in [0, 0.1) is 24.7 Å². The molecule has 0 rings (SSSR count). The van der Waals surface area contributed by atoms with Gasteiger partial charge in [-0.15, -0.1) is 24.7 Å². The Morgan fingerprint density at radius 1 is 0.842 bits per heavy atom. The van der Waals surface area contributed by atoms with Crippen LogP contribution >= 0.6 is 7.82 Å². The molecule has 0 bridgehead atoms. The van der Waals surface area contributed by atoms with Crippen molar-refractivity contribution in [3.8, 4) is 24.7 Å². The van der Waals surface area contributed by atoms with Crippen LogP contribution in [0.2, 0.25) is 0 Å². The van der Waals surface area contributed by atoms with Crippen LogP contribution in [0.15, 0.2) is 0 Å². The first kappa shape index (κ1) is 18.2. The smallest absolute Gasteiger partial charge is 0.302 e. The van der Waals surface area contributed by atoms with Crippen LogP contribution in [0.5, 0.6) is 0 Å². The van der Waals surface area contributed by atoms with Crippen molar-refractivity contribution in [3.05, 3.63) is 0 Å². The Morgan fingerprint density at radius 3 is 1.63 bits per heavy atom. The first-order valence-electron chi connectivity index (χ1n) is 6.61. The van der Waals surface area contributed by atoms with E-state index in [0.717, 1.165) is 38.5 Å². The third kappa shape index (κ3) is 13.5. The Labute approximate surface area is 116 Å². The number of phosphoric acid groups is 1. The highest BCUT2D eigenvalue weighted by atomic mass is 31.2. The molecule has 0 saturated heterocycles. The van der Waals surface area contributed by atoms with Gasteiger partial charge in [0.25, 0.3) is 0 Å². The van der Waals surface area contributed by atoms with Crippen LogP contribution in [0.1, 0.15) is 51.4 Å². The standard InChI is InChI=1S/C14H23O4P/c1-3-5-7-9-11-13-17-19(15,16)18-14-12-10-8-6-4-2/h1-2H,5-14H2,(H,15,16). The minimum Gasteiger partial charge on any atom is -0.302 e. The van der Waals surface area contributed by atoms with Crippen LogP contribution in [0.25, 0.3) is 0 Å². The van der Waals surface area contributed by atoms with E-state index in [2.05, 4.69) is 11.8 Å². The molecule has 0 aliphatic heterocycles. The van der Waals surface area contributed by atoms with E-state index in [0.29, 0.717) is 12.8 Å². The third-order valence-electron chi connectivity index (χ3n) is 2.44. The number of terminal acetylenes is 2. The fourth-order valence-corrected chi connectivity index (χ4v) is 2.20. The molecule has 0 aromatic carbocycles. The zero-order valence-electron chi connectivity index (χ0n) is 11.3. The van der Waals surface area contributed by atoms with Gasteiger partial charge in [-0.3, -0.25) is 9.05 Å². The number of phosphoric ester groups is 1. The monoisotopic (exact) mass is 286 g/mol. The second kappa shape index (κ2) is 12.3. The topological polar surface area (TPSA) is 55.8 Å². The maximum Gasteiger partial charge on any atom is 0.472 e. The Hall–Kier alpha value is -0.770. The van der Waals surface area contributed by atoms with Crippen molar-refractivity contribution in [2.45, 2.75) is 51.4 Å². The maximum absolute atomic E-state index is 11.4. The first-order chi connectivity index (χ1) is 9.12. The molecule has 4 nitrogen and oxygen atoms in total. The highest BCUT2D eigenvalue weighted by molar-refractivity contribution is 7.47. The molecule has 0 fully saturated rings. The molecule has 0 saturated carbocycles. The fraction of sp³-hybridized carbons (Fsp3) is 0.714.